The van der Waals surface area contributed by atoms with E-state index in [-0.39, 0.29) is 26.7 Å². The van der Waals surface area contributed by atoms with Gasteiger partial charge in [-0.05, 0) is 25.8 Å². The zero-order valence-electron chi connectivity index (χ0n) is 10.9. The van der Waals surface area contributed by atoms with E-state index in [9.17, 15) is 13.2 Å². The summed E-state index contributed by atoms with van der Waals surface area (Å²) in [5, 5.41) is -0.464. The van der Waals surface area contributed by atoms with E-state index in [0.29, 0.717) is 6.54 Å². The van der Waals surface area contributed by atoms with Crippen molar-refractivity contribution in [2.45, 2.75) is 30.7 Å². The highest BCUT2D eigenvalue weighted by molar-refractivity contribution is 8.13. The quantitative estimate of drug-likeness (QED) is 0.571. The molecule has 1 fully saturated rings. The molecule has 1 aliphatic carbocycles. The first-order valence-electron chi connectivity index (χ1n) is 6.11. The lowest BCUT2D eigenvalue weighted by Gasteiger charge is -2.22. The number of hydrogen-bond donors (Lipinski definition) is 0. The molecule has 1 aromatic carbocycles. The van der Waals surface area contributed by atoms with Crippen LogP contribution in [0.25, 0.3) is 0 Å². The number of hydrogen-bond acceptors (Lipinski definition) is 3. The third kappa shape index (κ3) is 3.42. The van der Waals surface area contributed by atoms with Gasteiger partial charge < -0.3 is 4.90 Å². The van der Waals surface area contributed by atoms with E-state index in [1.165, 1.54) is 0 Å². The summed E-state index contributed by atoms with van der Waals surface area (Å²) in [4.78, 5) is 13.8. The predicted octanol–water partition coefficient (Wildman–Crippen LogP) is 4.20. The number of carbonyl (C=O) groups excluding carboxylic acids is 1. The molecule has 0 heterocycles. The molecule has 0 unspecified atom stereocenters. The van der Waals surface area contributed by atoms with Gasteiger partial charge in [-0.2, -0.15) is 0 Å². The fourth-order valence-corrected chi connectivity index (χ4v) is 4.18. The molecule has 9 heteroatoms. The molecule has 1 aliphatic rings. The Hall–Kier alpha value is -0.200. The smallest absolute Gasteiger partial charge is 0.262 e. The number of amides is 1. The molecule has 0 radical (unpaired) electrons. The van der Waals surface area contributed by atoms with Gasteiger partial charge in [-0.3, -0.25) is 4.79 Å². The van der Waals surface area contributed by atoms with Crippen LogP contribution < -0.4 is 0 Å². The van der Waals surface area contributed by atoms with Crippen molar-refractivity contribution in [1.82, 2.24) is 4.90 Å². The lowest BCUT2D eigenvalue weighted by Crippen LogP contribution is -2.33. The number of benzene rings is 1. The summed E-state index contributed by atoms with van der Waals surface area (Å²) >= 11 is 18.0. The summed E-state index contributed by atoms with van der Waals surface area (Å²) in [6.45, 7) is 2.29. The Bertz CT molecular complexity index is 701. The second kappa shape index (κ2) is 6.13. The summed E-state index contributed by atoms with van der Waals surface area (Å²) in [7, 11) is 1.17. The topological polar surface area (TPSA) is 54.5 Å². The van der Waals surface area contributed by atoms with Crippen LogP contribution in [0.5, 0.6) is 0 Å². The molecule has 0 spiro atoms. The Labute approximate surface area is 142 Å². The van der Waals surface area contributed by atoms with Gasteiger partial charge >= 0.3 is 0 Å². The molecule has 0 bridgehead atoms. The lowest BCUT2D eigenvalue weighted by atomic mass is 10.2. The third-order valence-electron chi connectivity index (χ3n) is 3.19. The van der Waals surface area contributed by atoms with E-state index < -0.39 is 19.9 Å². The number of rotatable bonds is 4. The van der Waals surface area contributed by atoms with Crippen molar-refractivity contribution in [1.29, 1.82) is 0 Å². The highest BCUT2D eigenvalue weighted by Crippen LogP contribution is 2.40. The molecule has 21 heavy (non-hydrogen) atoms. The maximum absolute atomic E-state index is 12.6. The molecule has 1 aromatic rings. The molecule has 0 aromatic heterocycles. The van der Waals surface area contributed by atoms with E-state index in [1.807, 2.05) is 6.92 Å². The standard InChI is InChI=1S/C12H11Cl4NO3S/c1-2-17(6-3-4-6)12(18)9-10(14)7(13)5-8(11(9)15)21(16,19)20/h5-6H,2-4H2,1H3. The lowest BCUT2D eigenvalue weighted by molar-refractivity contribution is 0.0752. The van der Waals surface area contributed by atoms with Gasteiger partial charge in [0.15, 0.2) is 0 Å². The second-order valence-electron chi connectivity index (χ2n) is 4.62. The maximum Gasteiger partial charge on any atom is 0.262 e. The summed E-state index contributed by atoms with van der Waals surface area (Å²) in [6, 6.07) is 1.17. The average molecular weight is 391 g/mol. The van der Waals surface area contributed by atoms with Gasteiger partial charge in [0.25, 0.3) is 15.0 Å². The van der Waals surface area contributed by atoms with E-state index >= 15 is 0 Å². The minimum absolute atomic E-state index is 0.0742. The molecule has 0 aliphatic heterocycles. The van der Waals surface area contributed by atoms with E-state index in [2.05, 4.69) is 0 Å². The van der Waals surface area contributed by atoms with Crippen LogP contribution in [0.3, 0.4) is 0 Å². The SMILES string of the molecule is CCN(C(=O)c1c(Cl)c(Cl)cc(S(=O)(=O)Cl)c1Cl)C1CC1. The Balaban J connectivity index is 2.62. The van der Waals surface area contributed by atoms with Crippen molar-refractivity contribution in [3.05, 3.63) is 26.7 Å². The molecule has 1 amide bonds. The molecular weight excluding hydrogens is 380 g/mol. The largest absolute Gasteiger partial charge is 0.336 e. The molecule has 0 N–H and O–H groups in total. The Morgan fingerprint density at radius 3 is 2.29 bits per heavy atom. The van der Waals surface area contributed by atoms with Gasteiger partial charge in [-0.25, -0.2) is 8.42 Å². The van der Waals surface area contributed by atoms with Crippen LogP contribution in [-0.2, 0) is 9.05 Å². The average Bonchev–Trinajstić information content (AvgIpc) is 3.18. The Morgan fingerprint density at radius 2 is 1.86 bits per heavy atom. The van der Waals surface area contributed by atoms with Crippen molar-refractivity contribution >= 4 is 60.4 Å². The van der Waals surface area contributed by atoms with Crippen LogP contribution in [0.4, 0.5) is 0 Å². The van der Waals surface area contributed by atoms with Crippen LogP contribution in [-0.4, -0.2) is 31.8 Å². The molecule has 1 saturated carbocycles. The molecule has 4 nitrogen and oxygen atoms in total. The minimum atomic E-state index is -4.14. The molecule has 0 saturated heterocycles. The van der Waals surface area contributed by atoms with Crippen molar-refractivity contribution in [3.63, 3.8) is 0 Å². The van der Waals surface area contributed by atoms with Gasteiger partial charge in [0.05, 0.1) is 20.6 Å². The zero-order valence-corrected chi connectivity index (χ0v) is 14.7. The van der Waals surface area contributed by atoms with Crippen LogP contribution in [0.15, 0.2) is 11.0 Å². The Morgan fingerprint density at radius 1 is 1.29 bits per heavy atom. The van der Waals surface area contributed by atoms with Crippen molar-refractivity contribution < 1.29 is 13.2 Å². The maximum atomic E-state index is 12.6. The fourth-order valence-electron chi connectivity index (χ4n) is 2.04. The normalized spacial score (nSPS) is 15.1. The number of halogens is 4. The number of carbonyl (C=O) groups is 1. The van der Waals surface area contributed by atoms with Crippen molar-refractivity contribution in [2.75, 3.05) is 6.54 Å². The van der Waals surface area contributed by atoms with Gasteiger partial charge in [-0.15, -0.1) is 0 Å². The highest BCUT2D eigenvalue weighted by atomic mass is 35.7. The van der Waals surface area contributed by atoms with E-state index in [1.54, 1.807) is 4.90 Å². The van der Waals surface area contributed by atoms with Crippen molar-refractivity contribution in [2.24, 2.45) is 0 Å². The molecule has 0 atom stereocenters. The highest BCUT2D eigenvalue weighted by Gasteiger charge is 2.35. The first-order valence-corrected chi connectivity index (χ1v) is 9.56. The van der Waals surface area contributed by atoms with Gasteiger partial charge in [0.1, 0.15) is 4.90 Å². The van der Waals surface area contributed by atoms with Crippen LogP contribution >= 0.6 is 45.5 Å². The van der Waals surface area contributed by atoms with Gasteiger partial charge in [0, 0.05) is 23.3 Å². The van der Waals surface area contributed by atoms with Crippen molar-refractivity contribution in [3.8, 4) is 0 Å². The van der Waals surface area contributed by atoms with Gasteiger partial charge in [0.2, 0.25) is 0 Å². The third-order valence-corrected chi connectivity index (χ3v) is 5.83. The van der Waals surface area contributed by atoms with Crippen LogP contribution in [0.1, 0.15) is 30.1 Å². The molecular formula is C12H11Cl4NO3S. The first kappa shape index (κ1) is 17.2. The van der Waals surface area contributed by atoms with Crippen LogP contribution in [0.2, 0.25) is 15.1 Å². The first-order chi connectivity index (χ1) is 9.68. The predicted molar refractivity (Wildman–Crippen MR) is 84.2 cm³/mol. The zero-order chi connectivity index (χ0) is 15.9. The fraction of sp³-hybridized carbons (Fsp3) is 0.417. The summed E-state index contributed by atoms with van der Waals surface area (Å²) in [6.07, 6.45) is 1.80. The number of nitrogens with zero attached hydrogens (tertiary/aromatic N) is 1. The Kier molecular flexibility index (Phi) is 5.01. The monoisotopic (exact) mass is 389 g/mol. The summed E-state index contributed by atoms with van der Waals surface area (Å²) in [5.74, 6) is -0.445. The molecule has 116 valence electrons. The van der Waals surface area contributed by atoms with E-state index in [4.69, 9.17) is 45.5 Å². The molecule has 2 rings (SSSR count). The second-order valence-corrected chi connectivity index (χ2v) is 8.32. The van der Waals surface area contributed by atoms with Crippen LogP contribution in [0, 0.1) is 0 Å². The summed E-state index contributed by atoms with van der Waals surface area (Å²) in [5.41, 5.74) is -0.126. The summed E-state index contributed by atoms with van der Waals surface area (Å²) < 4.78 is 23.1. The minimum Gasteiger partial charge on any atom is -0.336 e. The van der Waals surface area contributed by atoms with E-state index in [0.717, 1.165) is 18.9 Å². The van der Waals surface area contributed by atoms with Gasteiger partial charge in [-0.1, -0.05) is 34.8 Å².